The normalized spacial score (nSPS) is 10.3. The van der Waals surface area contributed by atoms with Gasteiger partial charge in [-0.15, -0.1) is 0 Å². The fourth-order valence-corrected chi connectivity index (χ4v) is 2.85. The number of hydrogen-bond acceptors (Lipinski definition) is 5. The number of nitrogens with zero attached hydrogens (tertiary/aromatic N) is 3. The molecule has 1 heterocycles. The van der Waals surface area contributed by atoms with E-state index in [1.165, 1.54) is 16.7 Å². The second-order valence-electron chi connectivity index (χ2n) is 5.51. The maximum absolute atomic E-state index is 12.0. The molecule has 1 aromatic heterocycles. The second kappa shape index (κ2) is 7.92. The Bertz CT molecular complexity index is 725. The predicted octanol–water partition coefficient (Wildman–Crippen LogP) is 2.53. The van der Waals surface area contributed by atoms with E-state index in [9.17, 15) is 9.59 Å². The van der Waals surface area contributed by atoms with Crippen molar-refractivity contribution in [2.75, 3.05) is 25.2 Å². The molecule has 0 saturated heterocycles. The van der Waals surface area contributed by atoms with Crippen molar-refractivity contribution in [2.24, 2.45) is 0 Å². The summed E-state index contributed by atoms with van der Waals surface area (Å²) in [4.78, 5) is 33.9. The van der Waals surface area contributed by atoms with Crippen LogP contribution in [0.1, 0.15) is 21.9 Å². The first-order chi connectivity index (χ1) is 11.3. The van der Waals surface area contributed by atoms with Crippen molar-refractivity contribution >= 4 is 29.3 Å². The van der Waals surface area contributed by atoms with Crippen molar-refractivity contribution in [2.45, 2.75) is 18.9 Å². The molecule has 0 aliphatic rings. The van der Waals surface area contributed by atoms with E-state index in [0.29, 0.717) is 17.1 Å². The molecule has 0 radical (unpaired) electrons. The average molecular weight is 344 g/mol. The van der Waals surface area contributed by atoms with Crippen molar-refractivity contribution in [3.63, 3.8) is 0 Å². The first kappa shape index (κ1) is 17.9. The molecule has 0 saturated carbocycles. The monoisotopic (exact) mass is 344 g/mol. The Morgan fingerprint density at radius 1 is 1.12 bits per heavy atom. The van der Waals surface area contributed by atoms with Crippen LogP contribution in [0.4, 0.5) is 5.69 Å². The SMILES string of the molecule is Cc1cc(SCC(=O)Nc2ccc(C(=O)N(C)C)cc2)nc(C)n1. The van der Waals surface area contributed by atoms with Gasteiger partial charge in [-0.3, -0.25) is 9.59 Å². The third-order valence-corrected chi connectivity index (χ3v) is 4.03. The summed E-state index contributed by atoms with van der Waals surface area (Å²) in [5.74, 6) is 0.756. The summed E-state index contributed by atoms with van der Waals surface area (Å²) in [5, 5.41) is 3.59. The van der Waals surface area contributed by atoms with Crippen LogP contribution in [-0.4, -0.2) is 46.5 Å². The number of amides is 2. The number of hydrogen-bond donors (Lipinski definition) is 1. The van der Waals surface area contributed by atoms with Gasteiger partial charge in [-0.2, -0.15) is 0 Å². The van der Waals surface area contributed by atoms with Crippen LogP contribution in [0.3, 0.4) is 0 Å². The Balaban J connectivity index is 1.91. The Morgan fingerprint density at radius 2 is 1.79 bits per heavy atom. The fourth-order valence-electron chi connectivity index (χ4n) is 2.05. The van der Waals surface area contributed by atoms with Crippen LogP contribution in [0.25, 0.3) is 0 Å². The molecule has 7 heteroatoms. The molecule has 0 fully saturated rings. The fraction of sp³-hybridized carbons (Fsp3) is 0.294. The maximum atomic E-state index is 12.0. The van der Waals surface area contributed by atoms with Crippen molar-refractivity contribution < 1.29 is 9.59 Å². The largest absolute Gasteiger partial charge is 0.345 e. The number of rotatable bonds is 5. The van der Waals surface area contributed by atoms with Crippen LogP contribution >= 0.6 is 11.8 Å². The van der Waals surface area contributed by atoms with Crippen molar-refractivity contribution in [1.82, 2.24) is 14.9 Å². The number of carbonyl (C=O) groups is 2. The Labute approximate surface area is 145 Å². The Kier molecular flexibility index (Phi) is 5.92. The number of benzene rings is 1. The zero-order valence-electron chi connectivity index (χ0n) is 14.2. The van der Waals surface area contributed by atoms with Gasteiger partial charge in [0.25, 0.3) is 5.91 Å². The summed E-state index contributed by atoms with van der Waals surface area (Å²) in [6, 6.07) is 8.69. The number of carbonyl (C=O) groups excluding carboxylic acids is 2. The number of nitrogens with one attached hydrogen (secondary N) is 1. The topological polar surface area (TPSA) is 75.2 Å². The van der Waals surface area contributed by atoms with Gasteiger partial charge in [0.1, 0.15) is 10.9 Å². The predicted molar refractivity (Wildman–Crippen MR) is 95.3 cm³/mol. The van der Waals surface area contributed by atoms with Gasteiger partial charge in [-0.05, 0) is 44.2 Å². The first-order valence-corrected chi connectivity index (χ1v) is 8.40. The lowest BCUT2D eigenvalue weighted by molar-refractivity contribution is -0.113. The van der Waals surface area contributed by atoms with E-state index in [4.69, 9.17) is 0 Å². The van der Waals surface area contributed by atoms with Gasteiger partial charge in [-0.25, -0.2) is 9.97 Å². The molecule has 1 aromatic carbocycles. The summed E-state index contributed by atoms with van der Waals surface area (Å²) in [6.45, 7) is 3.73. The summed E-state index contributed by atoms with van der Waals surface area (Å²) >= 11 is 1.36. The summed E-state index contributed by atoms with van der Waals surface area (Å²) in [5.41, 5.74) is 2.12. The summed E-state index contributed by atoms with van der Waals surface area (Å²) in [6.07, 6.45) is 0. The Morgan fingerprint density at radius 3 is 2.38 bits per heavy atom. The molecule has 0 aliphatic heterocycles. The average Bonchev–Trinajstić information content (AvgIpc) is 2.52. The zero-order valence-corrected chi connectivity index (χ0v) is 15.0. The van der Waals surface area contributed by atoms with Crippen LogP contribution in [0, 0.1) is 13.8 Å². The molecule has 2 rings (SSSR count). The highest BCUT2D eigenvalue weighted by Gasteiger charge is 2.09. The highest BCUT2D eigenvalue weighted by atomic mass is 32.2. The van der Waals surface area contributed by atoms with Crippen LogP contribution in [-0.2, 0) is 4.79 Å². The van der Waals surface area contributed by atoms with Gasteiger partial charge in [0, 0.05) is 31.0 Å². The molecule has 0 atom stereocenters. The molecule has 126 valence electrons. The van der Waals surface area contributed by atoms with E-state index in [0.717, 1.165) is 10.7 Å². The van der Waals surface area contributed by atoms with Gasteiger partial charge in [-0.1, -0.05) is 11.8 Å². The van der Waals surface area contributed by atoms with E-state index in [2.05, 4.69) is 15.3 Å². The lowest BCUT2D eigenvalue weighted by Crippen LogP contribution is -2.21. The standard InChI is InChI=1S/C17H20N4O2S/c1-11-9-16(19-12(2)18-11)24-10-15(22)20-14-7-5-13(6-8-14)17(23)21(3)4/h5-9H,10H2,1-4H3,(H,20,22). The highest BCUT2D eigenvalue weighted by Crippen LogP contribution is 2.17. The van der Waals surface area contributed by atoms with Crippen molar-refractivity contribution in [3.8, 4) is 0 Å². The van der Waals surface area contributed by atoms with Crippen LogP contribution < -0.4 is 5.32 Å². The van der Waals surface area contributed by atoms with E-state index in [1.807, 2.05) is 19.9 Å². The van der Waals surface area contributed by atoms with Crippen LogP contribution in [0.5, 0.6) is 0 Å². The first-order valence-electron chi connectivity index (χ1n) is 7.42. The zero-order chi connectivity index (χ0) is 17.7. The van der Waals surface area contributed by atoms with E-state index in [-0.39, 0.29) is 17.6 Å². The maximum Gasteiger partial charge on any atom is 0.253 e. The van der Waals surface area contributed by atoms with Gasteiger partial charge >= 0.3 is 0 Å². The number of aryl methyl sites for hydroxylation is 2. The lowest BCUT2D eigenvalue weighted by Gasteiger charge is -2.11. The molecule has 0 unspecified atom stereocenters. The van der Waals surface area contributed by atoms with Crippen LogP contribution in [0.15, 0.2) is 35.4 Å². The lowest BCUT2D eigenvalue weighted by atomic mass is 10.2. The van der Waals surface area contributed by atoms with E-state index in [1.54, 1.807) is 38.4 Å². The van der Waals surface area contributed by atoms with Crippen molar-refractivity contribution in [1.29, 1.82) is 0 Å². The number of aromatic nitrogens is 2. The molecule has 0 aliphatic carbocycles. The van der Waals surface area contributed by atoms with Gasteiger partial charge < -0.3 is 10.2 Å². The minimum absolute atomic E-state index is 0.0714. The third kappa shape index (κ3) is 5.06. The van der Waals surface area contributed by atoms with Crippen molar-refractivity contribution in [3.05, 3.63) is 47.4 Å². The van der Waals surface area contributed by atoms with Gasteiger partial charge in [0.05, 0.1) is 5.75 Å². The van der Waals surface area contributed by atoms with Crippen LogP contribution in [0.2, 0.25) is 0 Å². The second-order valence-corrected chi connectivity index (χ2v) is 6.50. The molecule has 2 aromatic rings. The summed E-state index contributed by atoms with van der Waals surface area (Å²) < 4.78 is 0. The number of thioether (sulfide) groups is 1. The number of anilines is 1. The highest BCUT2D eigenvalue weighted by molar-refractivity contribution is 7.99. The molecular weight excluding hydrogens is 324 g/mol. The molecule has 0 bridgehead atoms. The summed E-state index contributed by atoms with van der Waals surface area (Å²) in [7, 11) is 3.40. The molecule has 24 heavy (non-hydrogen) atoms. The van der Waals surface area contributed by atoms with Gasteiger partial charge in [0.15, 0.2) is 0 Å². The van der Waals surface area contributed by atoms with E-state index >= 15 is 0 Å². The molecule has 0 spiro atoms. The Hall–Kier alpha value is -2.41. The molecule has 1 N–H and O–H groups in total. The quantitative estimate of drug-likeness (QED) is 0.666. The van der Waals surface area contributed by atoms with Gasteiger partial charge in [0.2, 0.25) is 5.91 Å². The molecule has 2 amide bonds. The molecule has 6 nitrogen and oxygen atoms in total. The minimum atomic E-state index is -0.124. The third-order valence-electron chi connectivity index (χ3n) is 3.12. The smallest absolute Gasteiger partial charge is 0.253 e. The molecular formula is C17H20N4O2S. The minimum Gasteiger partial charge on any atom is -0.345 e. The van der Waals surface area contributed by atoms with E-state index < -0.39 is 0 Å².